The van der Waals surface area contributed by atoms with Crippen molar-refractivity contribution in [2.45, 2.75) is 20.0 Å². The van der Waals surface area contributed by atoms with Crippen LogP contribution in [0.15, 0.2) is 54.9 Å². The van der Waals surface area contributed by atoms with Crippen molar-refractivity contribution >= 4 is 32.6 Å². The first-order valence-corrected chi connectivity index (χ1v) is 10.4. The van der Waals surface area contributed by atoms with E-state index >= 15 is 0 Å². The number of fused-ring (bicyclic) bond motifs is 1. The number of carbonyl (C=O) groups excluding carboxylic acids is 1. The summed E-state index contributed by atoms with van der Waals surface area (Å²) in [5, 5.41) is 3.24. The number of para-hydroxylation sites is 1. The third kappa shape index (κ3) is 4.70. The van der Waals surface area contributed by atoms with E-state index in [9.17, 15) is 18.0 Å². The van der Waals surface area contributed by atoms with Crippen LogP contribution in [0.1, 0.15) is 19.4 Å². The van der Waals surface area contributed by atoms with E-state index in [4.69, 9.17) is 4.74 Å². The average Bonchev–Trinajstić information content (AvgIpc) is 3.17. The molecule has 0 saturated carbocycles. The van der Waals surface area contributed by atoms with Gasteiger partial charge < -0.3 is 10.1 Å². The lowest BCUT2D eigenvalue weighted by molar-refractivity contribution is -0.137. The molecule has 2 aromatic heterocycles. The van der Waals surface area contributed by atoms with Gasteiger partial charge in [0.2, 0.25) is 11.8 Å². The second kappa shape index (κ2) is 8.54. The number of thiazole rings is 1. The Labute approximate surface area is 185 Å². The van der Waals surface area contributed by atoms with Crippen LogP contribution in [-0.2, 0) is 11.0 Å². The molecule has 0 aliphatic rings. The lowest BCUT2D eigenvalue weighted by Crippen LogP contribution is -2.17. The molecular weight excluding hydrogens is 441 g/mol. The van der Waals surface area contributed by atoms with Crippen LogP contribution in [0.25, 0.3) is 21.5 Å². The van der Waals surface area contributed by atoms with E-state index in [0.29, 0.717) is 27.7 Å². The van der Waals surface area contributed by atoms with Crippen molar-refractivity contribution in [3.63, 3.8) is 0 Å². The number of carbonyl (C=O) groups is 1. The number of alkyl halides is 3. The fourth-order valence-corrected chi connectivity index (χ4v) is 3.69. The van der Waals surface area contributed by atoms with Gasteiger partial charge in [0, 0.05) is 17.5 Å². The molecule has 2 aromatic carbocycles. The molecule has 0 fully saturated rings. The van der Waals surface area contributed by atoms with Crippen LogP contribution < -0.4 is 10.1 Å². The molecule has 0 atom stereocenters. The number of ether oxygens (including phenoxy) is 1. The van der Waals surface area contributed by atoms with E-state index in [2.05, 4.69) is 20.3 Å². The van der Waals surface area contributed by atoms with Gasteiger partial charge in [0.15, 0.2) is 10.9 Å². The van der Waals surface area contributed by atoms with Gasteiger partial charge in [-0.2, -0.15) is 13.2 Å². The monoisotopic (exact) mass is 458 g/mol. The Morgan fingerprint density at radius 1 is 1.09 bits per heavy atom. The maximum Gasteiger partial charge on any atom is 0.416 e. The van der Waals surface area contributed by atoms with Crippen LogP contribution in [0.5, 0.6) is 11.6 Å². The Kier molecular flexibility index (Phi) is 5.79. The molecule has 0 saturated heterocycles. The standard InChI is InChI=1S/C22H17F3N4O2S/c1-12(2)20(30)29-21-28-19-16(4-3-5-17(19)32-21)31-18-10-15(26-11-27-18)13-6-8-14(9-7-13)22(23,24)25/h3-12H,1-2H3,(H,28,29,30). The second-order valence-corrected chi connectivity index (χ2v) is 8.22. The predicted octanol–water partition coefficient (Wildman–Crippen LogP) is 6.16. The van der Waals surface area contributed by atoms with Gasteiger partial charge in [-0.05, 0) is 24.3 Å². The van der Waals surface area contributed by atoms with Crippen LogP contribution in [0.3, 0.4) is 0 Å². The van der Waals surface area contributed by atoms with E-state index in [1.54, 1.807) is 26.0 Å². The number of nitrogens with zero attached hydrogens (tertiary/aromatic N) is 3. The van der Waals surface area contributed by atoms with Gasteiger partial charge in [-0.1, -0.05) is 43.4 Å². The molecule has 2 heterocycles. The molecule has 10 heteroatoms. The van der Waals surface area contributed by atoms with Crippen LogP contribution >= 0.6 is 11.3 Å². The third-order valence-corrected chi connectivity index (χ3v) is 5.44. The Morgan fingerprint density at radius 2 is 1.84 bits per heavy atom. The molecule has 0 aliphatic carbocycles. The molecule has 0 spiro atoms. The molecule has 32 heavy (non-hydrogen) atoms. The fourth-order valence-electron chi connectivity index (χ4n) is 2.80. The molecule has 0 bridgehead atoms. The van der Waals surface area contributed by atoms with Gasteiger partial charge in [-0.15, -0.1) is 0 Å². The molecule has 0 unspecified atom stereocenters. The Hall–Kier alpha value is -3.53. The molecular formula is C22H17F3N4O2S. The van der Waals surface area contributed by atoms with Gasteiger partial charge >= 0.3 is 6.18 Å². The molecule has 1 N–H and O–H groups in total. The molecule has 1 amide bonds. The first kappa shape index (κ1) is 21.7. The zero-order valence-corrected chi connectivity index (χ0v) is 17.8. The van der Waals surface area contributed by atoms with E-state index in [1.807, 2.05) is 6.07 Å². The smallest absolute Gasteiger partial charge is 0.416 e. The third-order valence-electron chi connectivity index (χ3n) is 4.50. The topological polar surface area (TPSA) is 77.0 Å². The number of anilines is 1. The Morgan fingerprint density at radius 3 is 2.53 bits per heavy atom. The van der Waals surface area contributed by atoms with Gasteiger partial charge in [0.1, 0.15) is 11.8 Å². The minimum atomic E-state index is -4.40. The molecule has 164 valence electrons. The summed E-state index contributed by atoms with van der Waals surface area (Å²) in [4.78, 5) is 24.6. The molecule has 4 aromatic rings. The maximum atomic E-state index is 12.8. The minimum Gasteiger partial charge on any atom is -0.437 e. The molecule has 6 nitrogen and oxygen atoms in total. The predicted molar refractivity (Wildman–Crippen MR) is 116 cm³/mol. The summed E-state index contributed by atoms with van der Waals surface area (Å²) in [6.45, 7) is 3.58. The van der Waals surface area contributed by atoms with E-state index in [1.165, 1.54) is 35.9 Å². The normalized spacial score (nSPS) is 11.7. The van der Waals surface area contributed by atoms with Gasteiger partial charge in [-0.3, -0.25) is 4.79 Å². The van der Waals surface area contributed by atoms with Crippen molar-refractivity contribution < 1.29 is 22.7 Å². The highest BCUT2D eigenvalue weighted by molar-refractivity contribution is 7.22. The second-order valence-electron chi connectivity index (χ2n) is 7.18. The number of amides is 1. The first-order chi connectivity index (χ1) is 15.2. The van der Waals surface area contributed by atoms with E-state index in [0.717, 1.165) is 16.8 Å². The van der Waals surface area contributed by atoms with Gasteiger partial charge in [0.05, 0.1) is 16.0 Å². The Bertz CT molecular complexity index is 1270. The lowest BCUT2D eigenvalue weighted by Gasteiger charge is -2.09. The highest BCUT2D eigenvalue weighted by Gasteiger charge is 2.30. The molecule has 4 rings (SSSR count). The Balaban J connectivity index is 1.60. The minimum absolute atomic E-state index is 0.136. The van der Waals surface area contributed by atoms with Gasteiger partial charge in [-0.25, -0.2) is 15.0 Å². The average molecular weight is 458 g/mol. The summed E-state index contributed by atoms with van der Waals surface area (Å²) in [6.07, 6.45) is -3.13. The van der Waals surface area contributed by atoms with Crippen LogP contribution in [0, 0.1) is 5.92 Å². The number of hydrogen-bond donors (Lipinski definition) is 1. The summed E-state index contributed by atoms with van der Waals surface area (Å²) in [6, 6.07) is 11.6. The summed E-state index contributed by atoms with van der Waals surface area (Å²) in [5.41, 5.74) is 0.739. The SMILES string of the molecule is CC(C)C(=O)Nc1nc2c(Oc3cc(-c4ccc(C(F)(F)F)cc4)ncn3)cccc2s1. The van der Waals surface area contributed by atoms with Crippen molar-refractivity contribution in [2.24, 2.45) is 5.92 Å². The summed E-state index contributed by atoms with van der Waals surface area (Å²) < 4.78 is 45.1. The molecule has 0 aliphatic heterocycles. The van der Waals surface area contributed by atoms with Crippen LogP contribution in [-0.4, -0.2) is 20.9 Å². The van der Waals surface area contributed by atoms with Gasteiger partial charge in [0.25, 0.3) is 0 Å². The van der Waals surface area contributed by atoms with Crippen LogP contribution in [0.4, 0.5) is 18.3 Å². The van der Waals surface area contributed by atoms with E-state index in [-0.39, 0.29) is 17.7 Å². The van der Waals surface area contributed by atoms with E-state index < -0.39 is 11.7 Å². The maximum absolute atomic E-state index is 12.8. The highest BCUT2D eigenvalue weighted by atomic mass is 32.1. The number of nitrogens with one attached hydrogen (secondary N) is 1. The van der Waals surface area contributed by atoms with Crippen molar-refractivity contribution in [2.75, 3.05) is 5.32 Å². The zero-order chi connectivity index (χ0) is 22.9. The van der Waals surface area contributed by atoms with Crippen molar-refractivity contribution in [1.29, 1.82) is 0 Å². The summed E-state index contributed by atoms with van der Waals surface area (Å²) in [7, 11) is 0. The number of benzene rings is 2. The van der Waals surface area contributed by atoms with Crippen molar-refractivity contribution in [1.82, 2.24) is 15.0 Å². The number of halogens is 3. The number of rotatable bonds is 5. The fraction of sp³-hybridized carbons (Fsp3) is 0.182. The first-order valence-electron chi connectivity index (χ1n) is 9.58. The van der Waals surface area contributed by atoms with Crippen molar-refractivity contribution in [3.05, 3.63) is 60.4 Å². The van der Waals surface area contributed by atoms with Crippen molar-refractivity contribution in [3.8, 4) is 22.9 Å². The summed E-state index contributed by atoms with van der Waals surface area (Å²) >= 11 is 1.32. The molecule has 0 radical (unpaired) electrons. The highest BCUT2D eigenvalue weighted by Crippen LogP contribution is 2.35. The van der Waals surface area contributed by atoms with Crippen LogP contribution in [0.2, 0.25) is 0 Å². The zero-order valence-electron chi connectivity index (χ0n) is 17.0. The quantitative estimate of drug-likeness (QED) is 0.388. The number of hydrogen-bond acceptors (Lipinski definition) is 6. The lowest BCUT2D eigenvalue weighted by atomic mass is 10.1. The largest absolute Gasteiger partial charge is 0.437 e. The number of aromatic nitrogens is 3. The summed E-state index contributed by atoms with van der Waals surface area (Å²) in [5.74, 6) is 0.329.